The Labute approximate surface area is 104 Å². The van der Waals surface area contributed by atoms with Crippen LogP contribution < -0.4 is 5.73 Å². The predicted molar refractivity (Wildman–Crippen MR) is 68.9 cm³/mol. The van der Waals surface area contributed by atoms with E-state index in [2.05, 4.69) is 0 Å². The zero-order chi connectivity index (χ0) is 13.1. The van der Waals surface area contributed by atoms with Crippen LogP contribution in [0.2, 0.25) is 0 Å². The molecule has 18 heavy (non-hydrogen) atoms. The maximum atomic E-state index is 10.6. The average Bonchev–Trinajstić information content (AvgIpc) is 2.38. The van der Waals surface area contributed by atoms with Crippen molar-refractivity contribution < 1.29 is 15.0 Å². The Hall–Kier alpha value is -2.33. The Morgan fingerprint density at radius 3 is 2.22 bits per heavy atom. The summed E-state index contributed by atoms with van der Waals surface area (Å²) in [6, 6.07) is 14.1. The zero-order valence-corrected chi connectivity index (χ0v) is 9.58. The molecule has 0 aliphatic rings. The largest absolute Gasteiger partial charge is 0.479 e. The number of anilines is 1. The van der Waals surface area contributed by atoms with Crippen molar-refractivity contribution >= 4 is 11.7 Å². The van der Waals surface area contributed by atoms with Crippen LogP contribution in [0.4, 0.5) is 5.69 Å². The molecule has 92 valence electrons. The summed E-state index contributed by atoms with van der Waals surface area (Å²) in [7, 11) is 0. The van der Waals surface area contributed by atoms with E-state index in [0.29, 0.717) is 11.3 Å². The molecule has 0 saturated carbocycles. The van der Waals surface area contributed by atoms with Gasteiger partial charge >= 0.3 is 5.97 Å². The van der Waals surface area contributed by atoms with Crippen LogP contribution in [-0.2, 0) is 4.79 Å². The van der Waals surface area contributed by atoms with Crippen LogP contribution in [0, 0.1) is 0 Å². The summed E-state index contributed by atoms with van der Waals surface area (Å²) < 4.78 is 0. The lowest BCUT2D eigenvalue weighted by Crippen LogP contribution is -2.10. The van der Waals surface area contributed by atoms with E-state index in [9.17, 15) is 9.90 Å². The molecule has 1 atom stereocenters. The number of carbonyl (C=O) groups is 1. The van der Waals surface area contributed by atoms with Crippen molar-refractivity contribution in [2.24, 2.45) is 0 Å². The molecule has 0 heterocycles. The van der Waals surface area contributed by atoms with Gasteiger partial charge in [-0.15, -0.1) is 0 Å². The lowest BCUT2D eigenvalue weighted by molar-refractivity contribution is -0.146. The summed E-state index contributed by atoms with van der Waals surface area (Å²) in [6.45, 7) is 0. The van der Waals surface area contributed by atoms with Gasteiger partial charge in [-0.2, -0.15) is 0 Å². The average molecular weight is 243 g/mol. The minimum absolute atomic E-state index is 0.348. The van der Waals surface area contributed by atoms with Gasteiger partial charge in [0, 0.05) is 11.3 Å². The molecule has 1 unspecified atom stereocenters. The number of hydrogen-bond acceptors (Lipinski definition) is 3. The quantitative estimate of drug-likeness (QED) is 0.720. The van der Waals surface area contributed by atoms with Crippen LogP contribution in [0.15, 0.2) is 48.5 Å². The first-order valence-corrected chi connectivity index (χ1v) is 5.45. The van der Waals surface area contributed by atoms with Gasteiger partial charge in [-0.25, -0.2) is 4.79 Å². The smallest absolute Gasteiger partial charge is 0.337 e. The third-order valence-electron chi connectivity index (χ3n) is 2.73. The molecular formula is C14H13NO3. The van der Waals surface area contributed by atoms with Gasteiger partial charge in [-0.3, -0.25) is 0 Å². The predicted octanol–water partition coefficient (Wildman–Crippen LogP) is 2.05. The number of aliphatic hydroxyl groups is 1. The van der Waals surface area contributed by atoms with Crippen molar-refractivity contribution in [3.05, 3.63) is 54.1 Å². The normalized spacial score (nSPS) is 12.1. The second-order valence-corrected chi connectivity index (χ2v) is 3.95. The summed E-state index contributed by atoms with van der Waals surface area (Å²) in [4.78, 5) is 10.6. The minimum Gasteiger partial charge on any atom is -0.479 e. The number of benzene rings is 2. The van der Waals surface area contributed by atoms with Crippen LogP contribution in [0.25, 0.3) is 11.1 Å². The van der Waals surface area contributed by atoms with Crippen LogP contribution in [0.3, 0.4) is 0 Å². The van der Waals surface area contributed by atoms with Crippen molar-refractivity contribution in [2.45, 2.75) is 6.10 Å². The Balaban J connectivity index is 2.34. The summed E-state index contributed by atoms with van der Waals surface area (Å²) in [5, 5.41) is 18.1. The highest BCUT2D eigenvalue weighted by atomic mass is 16.4. The minimum atomic E-state index is -1.49. The van der Waals surface area contributed by atoms with Gasteiger partial charge in [0.05, 0.1) is 0 Å². The van der Waals surface area contributed by atoms with Crippen molar-refractivity contribution in [2.75, 3.05) is 5.73 Å². The molecule has 0 amide bonds. The number of carboxylic acids is 1. The van der Waals surface area contributed by atoms with Crippen molar-refractivity contribution in [1.82, 2.24) is 0 Å². The van der Waals surface area contributed by atoms with Crippen LogP contribution in [0.1, 0.15) is 11.7 Å². The van der Waals surface area contributed by atoms with E-state index in [0.717, 1.165) is 11.1 Å². The molecule has 0 bridgehead atoms. The standard InChI is InChI=1S/C14H13NO3/c15-12-4-2-1-3-11(12)9-5-7-10(8-6-9)13(16)14(17)18/h1-8,13,16H,15H2,(H,17,18). The maximum Gasteiger partial charge on any atom is 0.337 e. The molecule has 2 aromatic carbocycles. The molecule has 4 N–H and O–H groups in total. The number of nitrogens with two attached hydrogens (primary N) is 1. The molecule has 0 saturated heterocycles. The first-order valence-electron chi connectivity index (χ1n) is 5.45. The number of hydrogen-bond donors (Lipinski definition) is 3. The van der Waals surface area contributed by atoms with Gasteiger partial charge in [0.2, 0.25) is 0 Å². The van der Waals surface area contributed by atoms with E-state index in [1.165, 1.54) is 0 Å². The SMILES string of the molecule is Nc1ccccc1-c1ccc(C(O)C(=O)O)cc1. The lowest BCUT2D eigenvalue weighted by Gasteiger charge is -2.08. The first kappa shape index (κ1) is 12.1. The summed E-state index contributed by atoms with van der Waals surface area (Å²) in [6.07, 6.45) is -1.49. The molecule has 4 heteroatoms. The number of carboxylic acid groups (broad SMARTS) is 1. The molecule has 0 aromatic heterocycles. The topological polar surface area (TPSA) is 83.5 Å². The Morgan fingerprint density at radius 1 is 1.06 bits per heavy atom. The van der Waals surface area contributed by atoms with E-state index in [-0.39, 0.29) is 0 Å². The van der Waals surface area contributed by atoms with E-state index in [4.69, 9.17) is 10.8 Å². The molecule has 2 rings (SSSR count). The fourth-order valence-electron chi connectivity index (χ4n) is 1.75. The molecule has 4 nitrogen and oxygen atoms in total. The van der Waals surface area contributed by atoms with Crippen LogP contribution in [0.5, 0.6) is 0 Å². The van der Waals surface area contributed by atoms with E-state index >= 15 is 0 Å². The van der Waals surface area contributed by atoms with Gasteiger partial charge in [0.1, 0.15) is 0 Å². The number of rotatable bonds is 3. The number of aliphatic hydroxyl groups excluding tert-OH is 1. The Bertz CT molecular complexity index is 564. The summed E-state index contributed by atoms with van der Waals surface area (Å²) in [5.74, 6) is -1.26. The van der Waals surface area contributed by atoms with Gasteiger partial charge in [0.15, 0.2) is 6.10 Å². The number of aliphatic carboxylic acids is 1. The van der Waals surface area contributed by atoms with E-state index in [1.54, 1.807) is 30.3 Å². The molecule has 0 fully saturated rings. The van der Waals surface area contributed by atoms with Gasteiger partial charge in [-0.05, 0) is 17.2 Å². The van der Waals surface area contributed by atoms with Crippen LogP contribution >= 0.6 is 0 Å². The summed E-state index contributed by atoms with van der Waals surface area (Å²) >= 11 is 0. The highest BCUT2D eigenvalue weighted by Crippen LogP contribution is 2.26. The molecule has 2 aromatic rings. The third-order valence-corrected chi connectivity index (χ3v) is 2.73. The molecule has 0 spiro atoms. The molecule has 0 aliphatic carbocycles. The lowest BCUT2D eigenvalue weighted by atomic mass is 10.0. The molecular weight excluding hydrogens is 230 g/mol. The summed E-state index contributed by atoms with van der Waals surface area (Å²) in [5.41, 5.74) is 8.63. The van der Waals surface area contributed by atoms with Crippen molar-refractivity contribution in [3.8, 4) is 11.1 Å². The maximum absolute atomic E-state index is 10.6. The fourth-order valence-corrected chi connectivity index (χ4v) is 1.75. The molecule has 0 aliphatic heterocycles. The molecule has 0 radical (unpaired) electrons. The fraction of sp³-hybridized carbons (Fsp3) is 0.0714. The Kier molecular flexibility index (Phi) is 3.30. The highest BCUT2D eigenvalue weighted by molar-refractivity contribution is 5.77. The third kappa shape index (κ3) is 2.33. The van der Waals surface area contributed by atoms with Crippen LogP contribution in [-0.4, -0.2) is 16.2 Å². The van der Waals surface area contributed by atoms with E-state index < -0.39 is 12.1 Å². The number of para-hydroxylation sites is 1. The Morgan fingerprint density at radius 2 is 1.67 bits per heavy atom. The highest BCUT2D eigenvalue weighted by Gasteiger charge is 2.15. The number of nitrogen functional groups attached to an aromatic ring is 1. The monoisotopic (exact) mass is 243 g/mol. The first-order chi connectivity index (χ1) is 8.59. The van der Waals surface area contributed by atoms with Gasteiger partial charge in [-0.1, -0.05) is 42.5 Å². The second kappa shape index (κ2) is 4.89. The van der Waals surface area contributed by atoms with Crippen molar-refractivity contribution in [3.63, 3.8) is 0 Å². The zero-order valence-electron chi connectivity index (χ0n) is 9.58. The second-order valence-electron chi connectivity index (χ2n) is 3.95. The van der Waals surface area contributed by atoms with Gasteiger partial charge in [0.25, 0.3) is 0 Å². The van der Waals surface area contributed by atoms with Crippen molar-refractivity contribution in [1.29, 1.82) is 0 Å². The van der Waals surface area contributed by atoms with Gasteiger partial charge < -0.3 is 15.9 Å². The van der Waals surface area contributed by atoms with E-state index in [1.807, 2.05) is 18.2 Å².